The highest BCUT2D eigenvalue weighted by molar-refractivity contribution is 7.80. The predicted octanol–water partition coefficient (Wildman–Crippen LogP) is 4.11. The van der Waals surface area contributed by atoms with E-state index in [4.69, 9.17) is 0 Å². The molecule has 3 nitrogen and oxygen atoms in total. The van der Waals surface area contributed by atoms with E-state index >= 15 is 0 Å². The van der Waals surface area contributed by atoms with E-state index in [1.807, 2.05) is 0 Å². The summed E-state index contributed by atoms with van der Waals surface area (Å²) < 4.78 is 12.2. The van der Waals surface area contributed by atoms with Gasteiger partial charge < -0.3 is 0 Å². The molecule has 100 valence electrons. The molecule has 0 unspecified atom stereocenters. The minimum absolute atomic E-state index is 0.343. The van der Waals surface area contributed by atoms with Crippen molar-refractivity contribution < 1.29 is 14.2 Å². The van der Waals surface area contributed by atoms with Gasteiger partial charge in [-0.3, -0.25) is 0 Å². The Balaban J connectivity index is 2.33. The van der Waals surface area contributed by atoms with Crippen molar-refractivity contribution in [2.24, 2.45) is 0 Å². The number of hydrogen-bond acceptors (Lipinski definition) is 3. The van der Waals surface area contributed by atoms with Crippen LogP contribution in [0.15, 0.2) is 48.5 Å². The van der Waals surface area contributed by atoms with Gasteiger partial charge in [-0.2, -0.15) is 0 Å². The Kier molecular flexibility index (Phi) is 4.21. The zero-order valence-electron chi connectivity index (χ0n) is 11.3. The maximum Gasteiger partial charge on any atom is 0.501 e. The molecule has 0 N–H and O–H groups in total. The number of rotatable bonds is 4. The van der Waals surface area contributed by atoms with E-state index in [9.17, 15) is 14.2 Å². The molecule has 0 atom stereocenters. The molecule has 0 saturated carbocycles. The molecule has 0 bridgehead atoms. The molecule has 2 aromatic carbocycles. The highest BCUT2D eigenvalue weighted by atomic mass is 31.1. The molecule has 0 fully saturated rings. The Hall–Kier alpha value is -2.12. The summed E-state index contributed by atoms with van der Waals surface area (Å²) in [5, 5.41) is 0. The summed E-state index contributed by atoms with van der Waals surface area (Å²) in [4.78, 5) is 24.4. The number of benzene rings is 2. The van der Waals surface area contributed by atoms with Crippen molar-refractivity contribution in [1.82, 2.24) is 0 Å². The minimum atomic E-state index is -2.62. The third kappa shape index (κ3) is 2.73. The first-order valence-corrected chi connectivity index (χ1v) is 7.45. The van der Waals surface area contributed by atoms with Gasteiger partial charge >= 0.3 is 18.8 Å². The summed E-state index contributed by atoms with van der Waals surface area (Å²) in [7, 11) is -2.62. The molecule has 2 rings (SSSR count). The molecule has 2 aromatic rings. The van der Waals surface area contributed by atoms with Gasteiger partial charge in [-0.05, 0) is 37.1 Å². The van der Waals surface area contributed by atoms with Crippen molar-refractivity contribution in [2.45, 2.75) is 13.8 Å². The number of carbonyl (C=O) groups excluding carboxylic acids is 2. The van der Waals surface area contributed by atoms with Crippen LogP contribution in [-0.4, -0.2) is 11.0 Å². The molecule has 0 amide bonds. The van der Waals surface area contributed by atoms with Crippen LogP contribution >= 0.6 is 7.80 Å². The Morgan fingerprint density at radius 2 is 1.10 bits per heavy atom. The Morgan fingerprint density at radius 1 is 0.750 bits per heavy atom. The van der Waals surface area contributed by atoms with Gasteiger partial charge in [0.05, 0.1) is 11.1 Å². The molecule has 0 aliphatic carbocycles. The van der Waals surface area contributed by atoms with E-state index in [1.54, 1.807) is 62.4 Å². The minimum Gasteiger partial charge on any atom is -0.234 e. The topological polar surface area (TPSA) is 51.2 Å². The monoisotopic (exact) mass is 285 g/mol. The van der Waals surface area contributed by atoms with Crippen molar-refractivity contribution in [1.29, 1.82) is 0 Å². The molecule has 0 spiro atoms. The Bertz CT molecular complexity index is 645. The third-order valence-electron chi connectivity index (χ3n) is 3.12. The highest BCUT2D eigenvalue weighted by Gasteiger charge is 2.41. The van der Waals surface area contributed by atoms with Crippen LogP contribution in [0.4, 0.5) is 0 Å². The van der Waals surface area contributed by atoms with Gasteiger partial charge in [0.1, 0.15) is 0 Å². The van der Waals surface area contributed by atoms with E-state index in [0.717, 1.165) is 11.1 Å². The lowest BCUT2D eigenvalue weighted by Gasteiger charge is -1.98. The smallest absolute Gasteiger partial charge is 0.234 e. The van der Waals surface area contributed by atoms with Crippen LogP contribution in [0.25, 0.3) is 0 Å². The average Bonchev–Trinajstić information content (AvgIpc) is 2.46. The summed E-state index contributed by atoms with van der Waals surface area (Å²) in [6, 6.07) is 13.7. The van der Waals surface area contributed by atoms with Crippen LogP contribution in [0.2, 0.25) is 0 Å². The molecule has 0 radical (unpaired) electrons. The van der Waals surface area contributed by atoms with Crippen molar-refractivity contribution >= 4 is 18.8 Å². The maximum atomic E-state index is 12.2. The lowest BCUT2D eigenvalue weighted by atomic mass is 10.1. The van der Waals surface area contributed by atoms with Gasteiger partial charge in [-0.15, -0.1) is 0 Å². The van der Waals surface area contributed by atoms with Crippen molar-refractivity contribution in [2.75, 3.05) is 0 Å². The average molecular weight is 285 g/mol. The second-order valence-electron chi connectivity index (χ2n) is 4.53. The van der Waals surface area contributed by atoms with E-state index in [2.05, 4.69) is 0 Å². The summed E-state index contributed by atoms with van der Waals surface area (Å²) in [5.74, 6) is 0. The molecular weight excluding hydrogens is 271 g/mol. The number of hydrogen-bond donors (Lipinski definition) is 0. The number of carbonyl (C=O) groups is 2. The molecular formula is C16H14O3P+. The zero-order valence-corrected chi connectivity index (χ0v) is 12.2. The van der Waals surface area contributed by atoms with Crippen LogP contribution in [0.5, 0.6) is 0 Å². The second-order valence-corrected chi connectivity index (χ2v) is 5.94. The fraction of sp³-hybridized carbons (Fsp3) is 0.125. The summed E-state index contributed by atoms with van der Waals surface area (Å²) >= 11 is 0. The predicted molar refractivity (Wildman–Crippen MR) is 78.6 cm³/mol. The quantitative estimate of drug-likeness (QED) is 0.794. The fourth-order valence-corrected chi connectivity index (χ4v) is 3.06. The van der Waals surface area contributed by atoms with Crippen molar-refractivity contribution in [3.05, 3.63) is 70.8 Å². The van der Waals surface area contributed by atoms with Crippen molar-refractivity contribution in [3.63, 3.8) is 0 Å². The van der Waals surface area contributed by atoms with Gasteiger partial charge in [0.2, 0.25) is 0 Å². The third-order valence-corrected chi connectivity index (χ3v) is 4.34. The Labute approximate surface area is 118 Å². The van der Waals surface area contributed by atoms with E-state index in [-0.39, 0.29) is 0 Å². The van der Waals surface area contributed by atoms with E-state index < -0.39 is 18.8 Å². The highest BCUT2D eigenvalue weighted by Crippen LogP contribution is 2.33. The molecule has 0 saturated heterocycles. The second kappa shape index (κ2) is 5.89. The molecule has 4 heteroatoms. The van der Waals surface area contributed by atoms with Gasteiger partial charge in [0, 0.05) is 0 Å². The lowest BCUT2D eigenvalue weighted by Crippen LogP contribution is -2.04. The van der Waals surface area contributed by atoms with Crippen molar-refractivity contribution in [3.8, 4) is 0 Å². The van der Waals surface area contributed by atoms with Gasteiger partial charge in [0.15, 0.2) is 0 Å². The van der Waals surface area contributed by atoms with Crippen LogP contribution in [0, 0.1) is 13.8 Å². The normalized spacial score (nSPS) is 10.1. The SMILES string of the molecule is Cc1ccccc1C(=O)[P+](=O)C(=O)c1ccccc1C. The first-order chi connectivity index (χ1) is 9.52. The number of aryl methyl sites for hydroxylation is 2. The Morgan fingerprint density at radius 3 is 1.45 bits per heavy atom. The van der Waals surface area contributed by atoms with Crippen LogP contribution in [-0.2, 0) is 4.57 Å². The van der Waals surface area contributed by atoms with Crippen LogP contribution in [0.1, 0.15) is 31.8 Å². The summed E-state index contributed by atoms with van der Waals surface area (Å²) in [5.41, 5.74) is 0.917. The molecule has 20 heavy (non-hydrogen) atoms. The lowest BCUT2D eigenvalue weighted by molar-refractivity contribution is 0.104. The molecule has 0 aliphatic rings. The molecule has 0 aromatic heterocycles. The first-order valence-electron chi connectivity index (χ1n) is 6.19. The van der Waals surface area contributed by atoms with Gasteiger partial charge in [-0.1, -0.05) is 41.0 Å². The van der Waals surface area contributed by atoms with E-state index in [0.29, 0.717) is 11.1 Å². The van der Waals surface area contributed by atoms with Gasteiger partial charge in [-0.25, -0.2) is 9.59 Å². The van der Waals surface area contributed by atoms with Crippen LogP contribution in [0.3, 0.4) is 0 Å². The van der Waals surface area contributed by atoms with E-state index in [1.165, 1.54) is 0 Å². The summed E-state index contributed by atoms with van der Waals surface area (Å²) in [6.07, 6.45) is 0. The zero-order chi connectivity index (χ0) is 14.7. The molecule has 0 aliphatic heterocycles. The molecule has 0 heterocycles. The summed E-state index contributed by atoms with van der Waals surface area (Å²) in [6.45, 7) is 3.52. The fourth-order valence-electron chi connectivity index (χ4n) is 1.94. The first kappa shape index (κ1) is 14.3. The standard InChI is InChI=1S/C16H14O3P/c1-11-7-3-5-9-13(11)15(17)20(19)16(18)14-10-6-4-8-12(14)2/h3-10H,1-2H3/q+1. The van der Waals surface area contributed by atoms with Crippen LogP contribution < -0.4 is 0 Å². The maximum absolute atomic E-state index is 12.2. The van der Waals surface area contributed by atoms with Gasteiger partial charge in [0.25, 0.3) is 0 Å². The largest absolute Gasteiger partial charge is 0.501 e.